The topological polar surface area (TPSA) is 59.8 Å². The molecule has 0 radical (unpaired) electrons. The van der Waals surface area contributed by atoms with Gasteiger partial charge in [-0.25, -0.2) is 4.39 Å². The molecule has 0 atom stereocenters. The van der Waals surface area contributed by atoms with Crippen LogP contribution in [-0.2, 0) is 4.79 Å². The first-order valence-electron chi connectivity index (χ1n) is 7.79. The number of benzene rings is 2. The van der Waals surface area contributed by atoms with Gasteiger partial charge in [-0.15, -0.1) is 10.2 Å². The molecule has 1 heterocycles. The molecule has 8 heteroatoms. The summed E-state index contributed by atoms with van der Waals surface area (Å²) in [5.74, 6) is -0.393. The van der Waals surface area contributed by atoms with Crippen molar-refractivity contribution in [1.29, 1.82) is 0 Å². The lowest BCUT2D eigenvalue weighted by atomic mass is 10.2. The Kier molecular flexibility index (Phi) is 5.58. The zero-order chi connectivity index (χ0) is 18.7. The van der Waals surface area contributed by atoms with Gasteiger partial charge in [-0.2, -0.15) is 0 Å². The number of nitrogens with one attached hydrogen (secondary N) is 1. The van der Waals surface area contributed by atoms with Crippen LogP contribution in [0.25, 0.3) is 5.69 Å². The van der Waals surface area contributed by atoms with E-state index in [-0.39, 0.29) is 17.5 Å². The number of carbonyl (C=O) groups is 1. The van der Waals surface area contributed by atoms with Crippen LogP contribution in [0.2, 0.25) is 5.02 Å². The summed E-state index contributed by atoms with van der Waals surface area (Å²) in [7, 11) is 0. The van der Waals surface area contributed by atoms with Gasteiger partial charge in [-0.3, -0.25) is 9.36 Å². The molecule has 0 saturated heterocycles. The molecule has 134 valence electrons. The van der Waals surface area contributed by atoms with Crippen molar-refractivity contribution in [3.05, 3.63) is 64.7 Å². The van der Waals surface area contributed by atoms with Gasteiger partial charge in [0.1, 0.15) is 12.1 Å². The van der Waals surface area contributed by atoms with Crippen molar-refractivity contribution < 1.29 is 9.18 Å². The van der Waals surface area contributed by atoms with Crippen LogP contribution in [0.4, 0.5) is 10.1 Å². The Labute approximate surface area is 159 Å². The second-order valence-corrected chi connectivity index (χ2v) is 7.06. The van der Waals surface area contributed by atoms with E-state index in [4.69, 9.17) is 11.6 Å². The summed E-state index contributed by atoms with van der Waals surface area (Å²) in [6, 6.07) is 9.89. The van der Waals surface area contributed by atoms with Crippen LogP contribution >= 0.6 is 23.4 Å². The van der Waals surface area contributed by atoms with E-state index in [9.17, 15) is 9.18 Å². The highest BCUT2D eigenvalue weighted by Gasteiger charge is 2.12. The smallest absolute Gasteiger partial charge is 0.234 e. The number of hydrogen-bond acceptors (Lipinski definition) is 4. The van der Waals surface area contributed by atoms with E-state index in [1.165, 1.54) is 23.9 Å². The second kappa shape index (κ2) is 7.88. The van der Waals surface area contributed by atoms with Gasteiger partial charge < -0.3 is 5.32 Å². The minimum Gasteiger partial charge on any atom is -0.325 e. The highest BCUT2D eigenvalue weighted by Crippen LogP contribution is 2.24. The summed E-state index contributed by atoms with van der Waals surface area (Å²) in [4.78, 5) is 12.2. The average Bonchev–Trinajstić information content (AvgIpc) is 3.06. The van der Waals surface area contributed by atoms with Gasteiger partial charge in [0.25, 0.3) is 0 Å². The number of aromatic nitrogens is 3. The third-order valence-corrected chi connectivity index (χ3v) is 5.10. The van der Waals surface area contributed by atoms with Crippen molar-refractivity contribution in [2.24, 2.45) is 0 Å². The molecule has 1 aromatic heterocycles. The first-order valence-corrected chi connectivity index (χ1v) is 9.16. The number of amides is 1. The average molecular weight is 391 g/mol. The monoisotopic (exact) mass is 390 g/mol. The van der Waals surface area contributed by atoms with Gasteiger partial charge in [-0.05, 0) is 55.3 Å². The third-order valence-electron chi connectivity index (χ3n) is 3.74. The summed E-state index contributed by atoms with van der Waals surface area (Å²) in [6.07, 6.45) is 1.57. The summed E-state index contributed by atoms with van der Waals surface area (Å²) in [6.45, 7) is 3.67. The van der Waals surface area contributed by atoms with Crippen molar-refractivity contribution in [2.75, 3.05) is 11.1 Å². The predicted octanol–water partition coefficient (Wildman–Crippen LogP) is 4.41. The SMILES string of the molecule is Cc1ccc(-n2cnnc2SCC(=O)Nc2ccc(F)cc2C)cc1Cl. The van der Waals surface area contributed by atoms with Crippen LogP contribution in [-0.4, -0.2) is 26.4 Å². The summed E-state index contributed by atoms with van der Waals surface area (Å²) in [5, 5.41) is 12.0. The Morgan fingerprint density at radius 3 is 2.77 bits per heavy atom. The fraction of sp³-hybridized carbons (Fsp3) is 0.167. The van der Waals surface area contributed by atoms with Gasteiger partial charge in [-0.1, -0.05) is 29.4 Å². The third kappa shape index (κ3) is 4.23. The molecule has 0 aliphatic carbocycles. The first kappa shape index (κ1) is 18.4. The maximum atomic E-state index is 13.1. The molecule has 3 aromatic rings. The van der Waals surface area contributed by atoms with E-state index in [1.807, 2.05) is 25.1 Å². The van der Waals surface area contributed by atoms with Gasteiger partial charge in [0.2, 0.25) is 5.91 Å². The molecule has 1 amide bonds. The number of thioether (sulfide) groups is 1. The first-order chi connectivity index (χ1) is 12.4. The van der Waals surface area contributed by atoms with Crippen LogP contribution in [0.15, 0.2) is 47.9 Å². The molecule has 0 aliphatic heterocycles. The second-order valence-electron chi connectivity index (χ2n) is 5.71. The molecule has 5 nitrogen and oxygen atoms in total. The molecule has 0 fully saturated rings. The molecule has 0 unspecified atom stereocenters. The summed E-state index contributed by atoms with van der Waals surface area (Å²) >= 11 is 7.43. The fourth-order valence-electron chi connectivity index (χ4n) is 2.32. The number of hydrogen-bond donors (Lipinski definition) is 1. The summed E-state index contributed by atoms with van der Waals surface area (Å²) in [5.41, 5.74) is 3.05. The van der Waals surface area contributed by atoms with Crippen LogP contribution in [0.5, 0.6) is 0 Å². The van der Waals surface area contributed by atoms with E-state index in [0.717, 1.165) is 11.3 Å². The van der Waals surface area contributed by atoms with Crippen LogP contribution in [0, 0.1) is 19.7 Å². The van der Waals surface area contributed by atoms with Gasteiger partial charge in [0, 0.05) is 10.7 Å². The normalized spacial score (nSPS) is 10.8. The van der Waals surface area contributed by atoms with Gasteiger partial charge in [0.15, 0.2) is 5.16 Å². The largest absolute Gasteiger partial charge is 0.325 e. The molecule has 0 saturated carbocycles. The van der Waals surface area contributed by atoms with E-state index >= 15 is 0 Å². The molecule has 0 bridgehead atoms. The quantitative estimate of drug-likeness (QED) is 0.655. The predicted molar refractivity (Wildman–Crippen MR) is 102 cm³/mol. The molecule has 2 aromatic carbocycles. The zero-order valence-corrected chi connectivity index (χ0v) is 15.7. The van der Waals surface area contributed by atoms with Gasteiger partial charge in [0.05, 0.1) is 11.4 Å². The Bertz CT molecular complexity index is 960. The van der Waals surface area contributed by atoms with Crippen molar-refractivity contribution in [1.82, 2.24) is 14.8 Å². The minimum atomic E-state index is -0.334. The van der Waals surface area contributed by atoms with Crippen molar-refractivity contribution in [3.63, 3.8) is 0 Å². The number of carbonyl (C=O) groups excluding carboxylic acids is 1. The maximum Gasteiger partial charge on any atom is 0.234 e. The lowest BCUT2D eigenvalue weighted by molar-refractivity contribution is -0.113. The molecule has 0 aliphatic rings. The van der Waals surface area contributed by atoms with Crippen LogP contribution in [0.1, 0.15) is 11.1 Å². The Balaban J connectivity index is 1.68. The highest BCUT2D eigenvalue weighted by molar-refractivity contribution is 7.99. The standard InChI is InChI=1S/C18H16ClFN4OS/c1-11-3-5-14(8-15(11)19)24-10-21-23-18(24)26-9-17(25)22-16-6-4-13(20)7-12(16)2/h3-8,10H,9H2,1-2H3,(H,22,25). The molecule has 26 heavy (non-hydrogen) atoms. The lowest BCUT2D eigenvalue weighted by Crippen LogP contribution is -2.15. The Morgan fingerprint density at radius 2 is 2.04 bits per heavy atom. The number of halogens is 2. The molecule has 1 N–H and O–H groups in total. The Hall–Kier alpha value is -2.38. The fourth-order valence-corrected chi connectivity index (χ4v) is 3.22. The lowest BCUT2D eigenvalue weighted by Gasteiger charge is -2.09. The Morgan fingerprint density at radius 1 is 1.23 bits per heavy atom. The van der Waals surface area contributed by atoms with Crippen LogP contribution < -0.4 is 5.32 Å². The molecular formula is C18H16ClFN4OS. The molecule has 0 spiro atoms. The van der Waals surface area contributed by atoms with Crippen molar-refractivity contribution >= 4 is 35.0 Å². The minimum absolute atomic E-state index is 0.148. The highest BCUT2D eigenvalue weighted by atomic mass is 35.5. The maximum absolute atomic E-state index is 13.1. The van der Waals surface area contributed by atoms with Crippen LogP contribution in [0.3, 0.4) is 0 Å². The summed E-state index contributed by atoms with van der Waals surface area (Å²) < 4.78 is 14.9. The molecular weight excluding hydrogens is 375 g/mol. The van der Waals surface area contributed by atoms with Gasteiger partial charge >= 0.3 is 0 Å². The number of aryl methyl sites for hydroxylation is 2. The zero-order valence-electron chi connectivity index (χ0n) is 14.2. The van der Waals surface area contributed by atoms with Crippen molar-refractivity contribution in [2.45, 2.75) is 19.0 Å². The molecule has 3 rings (SSSR count). The van der Waals surface area contributed by atoms with E-state index < -0.39 is 0 Å². The number of anilines is 1. The van der Waals surface area contributed by atoms with E-state index in [1.54, 1.807) is 23.9 Å². The van der Waals surface area contributed by atoms with E-state index in [2.05, 4.69) is 15.5 Å². The number of rotatable bonds is 5. The van der Waals surface area contributed by atoms with E-state index in [0.29, 0.717) is 21.4 Å². The van der Waals surface area contributed by atoms with Crippen molar-refractivity contribution in [3.8, 4) is 5.69 Å². The number of nitrogens with zero attached hydrogens (tertiary/aromatic N) is 3.